The Morgan fingerprint density at radius 3 is 3.10 bits per heavy atom. The minimum absolute atomic E-state index is 0.0628. The number of nitrogens with zero attached hydrogens (tertiary/aromatic N) is 3. The van der Waals surface area contributed by atoms with Crippen LogP contribution in [0, 0.1) is 0 Å². The van der Waals surface area contributed by atoms with Crippen LogP contribution in [-0.2, 0) is 9.53 Å². The van der Waals surface area contributed by atoms with E-state index in [1.807, 2.05) is 16.5 Å². The van der Waals surface area contributed by atoms with Crippen molar-refractivity contribution < 1.29 is 9.53 Å². The Morgan fingerprint density at radius 1 is 1.55 bits per heavy atom. The van der Waals surface area contributed by atoms with Crippen molar-refractivity contribution in [3.63, 3.8) is 0 Å². The average Bonchev–Trinajstić information content (AvgIpc) is 2.88. The van der Waals surface area contributed by atoms with Crippen molar-refractivity contribution in [2.24, 2.45) is 0 Å². The van der Waals surface area contributed by atoms with Gasteiger partial charge in [0.15, 0.2) is 5.13 Å². The molecule has 0 aromatic carbocycles. The van der Waals surface area contributed by atoms with E-state index in [-0.39, 0.29) is 5.91 Å². The maximum absolute atomic E-state index is 12.3. The smallest absolute Gasteiger partial charge is 0.251 e. The second-order valence-corrected chi connectivity index (χ2v) is 5.62. The van der Waals surface area contributed by atoms with Crippen LogP contribution < -0.4 is 4.90 Å². The monoisotopic (exact) mass is 295 g/mol. The predicted octanol–water partition coefficient (Wildman–Crippen LogP) is 1.77. The Kier molecular flexibility index (Phi) is 5.55. The maximum Gasteiger partial charge on any atom is 0.251 e. The summed E-state index contributed by atoms with van der Waals surface area (Å²) in [5.74, 6) is 0.0628. The molecule has 2 rings (SSSR count). The van der Waals surface area contributed by atoms with Gasteiger partial charge in [0, 0.05) is 37.8 Å². The molecule has 0 bridgehead atoms. The van der Waals surface area contributed by atoms with E-state index in [1.54, 1.807) is 24.3 Å². The summed E-state index contributed by atoms with van der Waals surface area (Å²) in [7, 11) is 0. The van der Waals surface area contributed by atoms with Crippen molar-refractivity contribution in [2.45, 2.75) is 19.4 Å². The Bertz CT molecular complexity index is 436. The molecule has 1 aromatic rings. The van der Waals surface area contributed by atoms with E-state index in [0.717, 1.165) is 37.7 Å². The lowest BCUT2D eigenvalue weighted by Crippen LogP contribution is -2.41. The molecule has 1 fully saturated rings. The van der Waals surface area contributed by atoms with E-state index in [1.165, 1.54) is 0 Å². The summed E-state index contributed by atoms with van der Waals surface area (Å²) in [4.78, 5) is 20.8. The minimum Gasteiger partial charge on any atom is -0.365 e. The zero-order valence-corrected chi connectivity index (χ0v) is 12.6. The van der Waals surface area contributed by atoms with Crippen LogP contribution in [0.4, 0.5) is 5.13 Å². The van der Waals surface area contributed by atoms with Gasteiger partial charge >= 0.3 is 0 Å². The maximum atomic E-state index is 12.3. The van der Waals surface area contributed by atoms with E-state index in [0.29, 0.717) is 6.61 Å². The van der Waals surface area contributed by atoms with Crippen LogP contribution in [0.1, 0.15) is 13.3 Å². The van der Waals surface area contributed by atoms with E-state index in [4.69, 9.17) is 4.74 Å². The number of hydrogen-bond donors (Lipinski definition) is 0. The molecule has 1 aromatic heterocycles. The molecule has 0 saturated carbocycles. The second kappa shape index (κ2) is 7.40. The van der Waals surface area contributed by atoms with Gasteiger partial charge in [0.25, 0.3) is 5.91 Å². The molecular weight excluding hydrogens is 274 g/mol. The molecule has 0 N–H and O–H groups in total. The van der Waals surface area contributed by atoms with Gasteiger partial charge in [-0.3, -0.25) is 4.79 Å². The van der Waals surface area contributed by atoms with Crippen LogP contribution in [0.15, 0.2) is 24.2 Å². The van der Waals surface area contributed by atoms with Gasteiger partial charge in [0.1, 0.15) is 6.10 Å². The first-order valence-electron chi connectivity index (χ1n) is 6.88. The third-order valence-electron chi connectivity index (χ3n) is 3.31. The quantitative estimate of drug-likeness (QED) is 0.777. The van der Waals surface area contributed by atoms with E-state index in [2.05, 4.69) is 16.5 Å². The summed E-state index contributed by atoms with van der Waals surface area (Å²) in [5, 5.41) is 3.02. The Labute approximate surface area is 123 Å². The van der Waals surface area contributed by atoms with Crippen molar-refractivity contribution >= 4 is 22.4 Å². The second-order valence-electron chi connectivity index (χ2n) is 4.74. The Hall–Kier alpha value is -1.40. The van der Waals surface area contributed by atoms with Crippen LogP contribution in [0.25, 0.3) is 0 Å². The van der Waals surface area contributed by atoms with Gasteiger partial charge in [-0.2, -0.15) is 0 Å². The highest BCUT2D eigenvalue weighted by Crippen LogP contribution is 2.19. The number of thiazole rings is 1. The van der Waals surface area contributed by atoms with Crippen LogP contribution in [0.5, 0.6) is 0 Å². The minimum atomic E-state index is -0.403. The number of rotatable bonds is 5. The molecule has 1 saturated heterocycles. The molecule has 1 atom stereocenters. The third kappa shape index (κ3) is 3.80. The van der Waals surface area contributed by atoms with Gasteiger partial charge in [-0.25, -0.2) is 4.98 Å². The molecule has 6 heteroatoms. The van der Waals surface area contributed by atoms with E-state index in [9.17, 15) is 4.79 Å². The van der Waals surface area contributed by atoms with Gasteiger partial charge in [-0.1, -0.05) is 6.08 Å². The summed E-state index contributed by atoms with van der Waals surface area (Å²) in [6, 6.07) is 0. The first-order chi connectivity index (χ1) is 9.72. The summed E-state index contributed by atoms with van der Waals surface area (Å²) in [6.07, 6.45) is 4.04. The van der Waals surface area contributed by atoms with Crippen LogP contribution in [0.2, 0.25) is 0 Å². The molecule has 1 unspecified atom stereocenters. The standard InChI is InChI=1S/C14H21N3O2S/c1-3-10-19-12(2)13(18)16-6-4-7-17(9-8-16)14-15-5-11-20-14/h3,5,11-12H,1,4,6-10H2,2H3. The average molecular weight is 295 g/mol. The molecule has 1 aliphatic rings. The molecule has 2 heterocycles. The Morgan fingerprint density at radius 2 is 2.40 bits per heavy atom. The molecule has 20 heavy (non-hydrogen) atoms. The normalized spacial score (nSPS) is 17.6. The third-order valence-corrected chi connectivity index (χ3v) is 4.14. The van der Waals surface area contributed by atoms with Gasteiger partial charge in [-0.15, -0.1) is 17.9 Å². The first-order valence-corrected chi connectivity index (χ1v) is 7.76. The van der Waals surface area contributed by atoms with Crippen LogP contribution in [-0.4, -0.2) is 54.7 Å². The number of anilines is 1. The highest BCUT2D eigenvalue weighted by molar-refractivity contribution is 7.13. The fourth-order valence-corrected chi connectivity index (χ4v) is 2.94. The zero-order valence-electron chi connectivity index (χ0n) is 11.8. The molecule has 5 nitrogen and oxygen atoms in total. The van der Waals surface area contributed by atoms with Gasteiger partial charge < -0.3 is 14.5 Å². The van der Waals surface area contributed by atoms with Crippen molar-refractivity contribution in [3.05, 3.63) is 24.2 Å². The number of carbonyl (C=O) groups is 1. The number of ether oxygens (including phenoxy) is 1. The summed E-state index contributed by atoms with van der Waals surface area (Å²) in [6.45, 7) is 9.08. The summed E-state index contributed by atoms with van der Waals surface area (Å²) >= 11 is 1.64. The van der Waals surface area contributed by atoms with Gasteiger partial charge in [-0.05, 0) is 13.3 Å². The lowest BCUT2D eigenvalue weighted by Gasteiger charge is -2.24. The van der Waals surface area contributed by atoms with Crippen molar-refractivity contribution in [1.29, 1.82) is 0 Å². The fraction of sp³-hybridized carbons (Fsp3) is 0.571. The highest BCUT2D eigenvalue weighted by Gasteiger charge is 2.24. The van der Waals surface area contributed by atoms with E-state index >= 15 is 0 Å². The highest BCUT2D eigenvalue weighted by atomic mass is 32.1. The van der Waals surface area contributed by atoms with Gasteiger partial charge in [0.2, 0.25) is 0 Å². The summed E-state index contributed by atoms with van der Waals surface area (Å²) in [5.41, 5.74) is 0. The lowest BCUT2D eigenvalue weighted by atomic mass is 10.3. The largest absolute Gasteiger partial charge is 0.365 e. The van der Waals surface area contributed by atoms with Gasteiger partial charge in [0.05, 0.1) is 6.61 Å². The van der Waals surface area contributed by atoms with Crippen LogP contribution >= 0.6 is 11.3 Å². The van der Waals surface area contributed by atoms with E-state index < -0.39 is 6.10 Å². The fourth-order valence-electron chi connectivity index (χ4n) is 2.24. The molecule has 0 spiro atoms. The van der Waals surface area contributed by atoms with Crippen molar-refractivity contribution in [3.8, 4) is 0 Å². The lowest BCUT2D eigenvalue weighted by molar-refractivity contribution is -0.141. The zero-order chi connectivity index (χ0) is 14.4. The molecule has 110 valence electrons. The first kappa shape index (κ1) is 15.0. The number of aromatic nitrogens is 1. The van der Waals surface area contributed by atoms with Crippen molar-refractivity contribution in [1.82, 2.24) is 9.88 Å². The number of carbonyl (C=O) groups excluding carboxylic acids is 1. The molecule has 1 aliphatic heterocycles. The molecule has 1 amide bonds. The predicted molar refractivity (Wildman–Crippen MR) is 81.1 cm³/mol. The molecular formula is C14H21N3O2S. The summed E-state index contributed by atoms with van der Waals surface area (Å²) < 4.78 is 5.41. The topological polar surface area (TPSA) is 45.7 Å². The molecule has 0 aliphatic carbocycles. The molecule has 0 radical (unpaired) electrons. The SMILES string of the molecule is C=CCOC(C)C(=O)N1CCCN(c2nccs2)CC1. The van der Waals surface area contributed by atoms with Crippen molar-refractivity contribution in [2.75, 3.05) is 37.7 Å². The number of amides is 1. The van der Waals surface area contributed by atoms with Crippen LogP contribution in [0.3, 0.4) is 0 Å². The number of hydrogen-bond acceptors (Lipinski definition) is 5. The Balaban J connectivity index is 1.89.